The average molecular weight is 303 g/mol. The number of rotatable bonds is 3. The van der Waals surface area contributed by atoms with Crippen LogP contribution in [0.1, 0.15) is 34.5 Å². The summed E-state index contributed by atoms with van der Waals surface area (Å²) in [6.45, 7) is 5.35. The van der Waals surface area contributed by atoms with Gasteiger partial charge < -0.3 is 19.2 Å². The van der Waals surface area contributed by atoms with Crippen molar-refractivity contribution in [1.82, 2.24) is 0 Å². The van der Waals surface area contributed by atoms with Gasteiger partial charge in [-0.1, -0.05) is 0 Å². The van der Waals surface area contributed by atoms with Gasteiger partial charge in [-0.05, 0) is 38.3 Å². The highest BCUT2D eigenvalue weighted by molar-refractivity contribution is 6.06. The summed E-state index contributed by atoms with van der Waals surface area (Å²) >= 11 is 0. The van der Waals surface area contributed by atoms with E-state index in [1.54, 1.807) is 0 Å². The highest BCUT2D eigenvalue weighted by Gasteiger charge is 2.22. The Morgan fingerprint density at radius 1 is 1.27 bits per heavy atom. The maximum absolute atomic E-state index is 12.2. The van der Waals surface area contributed by atoms with E-state index in [1.165, 1.54) is 7.11 Å². The van der Waals surface area contributed by atoms with Crippen LogP contribution >= 0.6 is 0 Å². The van der Waals surface area contributed by atoms with Crippen molar-refractivity contribution in [3.63, 3.8) is 0 Å². The molecule has 0 aliphatic carbocycles. The second-order valence-corrected chi connectivity index (χ2v) is 5.72. The second kappa shape index (κ2) is 6.01. The van der Waals surface area contributed by atoms with Gasteiger partial charge in [0.25, 0.3) is 0 Å². The van der Waals surface area contributed by atoms with Crippen LogP contribution in [-0.2, 0) is 9.47 Å². The van der Waals surface area contributed by atoms with Crippen molar-refractivity contribution < 1.29 is 18.7 Å². The smallest absolute Gasteiger partial charge is 0.338 e. The predicted octanol–water partition coefficient (Wildman–Crippen LogP) is 3.43. The number of fused-ring (bicyclic) bond motifs is 1. The molecule has 22 heavy (non-hydrogen) atoms. The SMILES string of the molecule is COC(=O)c1c(C)c(NC2CCOCC2)cc2oc(C)cc12. The van der Waals surface area contributed by atoms with E-state index in [0.29, 0.717) is 17.2 Å². The van der Waals surface area contributed by atoms with Gasteiger partial charge in [0.1, 0.15) is 11.3 Å². The van der Waals surface area contributed by atoms with Gasteiger partial charge in [-0.2, -0.15) is 0 Å². The third kappa shape index (κ3) is 2.68. The molecule has 0 saturated carbocycles. The first-order valence-corrected chi connectivity index (χ1v) is 7.56. The molecular weight excluding hydrogens is 282 g/mol. The van der Waals surface area contributed by atoms with Gasteiger partial charge in [-0.25, -0.2) is 4.79 Å². The van der Waals surface area contributed by atoms with Gasteiger partial charge in [0.05, 0.1) is 12.7 Å². The molecule has 1 fully saturated rings. The van der Waals surface area contributed by atoms with Crippen LogP contribution < -0.4 is 5.32 Å². The Bertz CT molecular complexity index is 698. The lowest BCUT2D eigenvalue weighted by molar-refractivity contribution is 0.0602. The van der Waals surface area contributed by atoms with Crippen LogP contribution in [0.5, 0.6) is 0 Å². The standard InChI is InChI=1S/C17H21NO4/c1-10-8-13-15(22-10)9-14(11(2)16(13)17(19)20-3)18-12-4-6-21-7-5-12/h8-9,12,18H,4-7H2,1-3H3. The lowest BCUT2D eigenvalue weighted by Crippen LogP contribution is -2.28. The molecule has 3 rings (SSSR count). The first-order chi connectivity index (χ1) is 10.6. The van der Waals surface area contributed by atoms with Gasteiger partial charge in [0.2, 0.25) is 0 Å². The molecule has 0 spiro atoms. The van der Waals surface area contributed by atoms with Crippen LogP contribution in [0, 0.1) is 13.8 Å². The van der Waals surface area contributed by atoms with Gasteiger partial charge in [-0.3, -0.25) is 0 Å². The van der Waals surface area contributed by atoms with E-state index in [1.807, 2.05) is 26.0 Å². The lowest BCUT2D eigenvalue weighted by atomic mass is 10.0. The number of anilines is 1. The molecule has 2 heterocycles. The molecule has 0 unspecified atom stereocenters. The van der Waals surface area contributed by atoms with Crippen molar-refractivity contribution in [2.24, 2.45) is 0 Å². The zero-order chi connectivity index (χ0) is 15.7. The van der Waals surface area contributed by atoms with Gasteiger partial charge >= 0.3 is 5.97 Å². The normalized spacial score (nSPS) is 16.0. The molecule has 0 bridgehead atoms. The maximum Gasteiger partial charge on any atom is 0.338 e. The highest BCUT2D eigenvalue weighted by atomic mass is 16.5. The van der Waals surface area contributed by atoms with Gasteiger partial charge in [0, 0.05) is 36.4 Å². The topological polar surface area (TPSA) is 60.7 Å². The van der Waals surface area contributed by atoms with Crippen LogP contribution in [0.3, 0.4) is 0 Å². The summed E-state index contributed by atoms with van der Waals surface area (Å²) in [5, 5.41) is 4.33. The Hall–Kier alpha value is -2.01. The van der Waals surface area contributed by atoms with Crippen molar-refractivity contribution >= 4 is 22.6 Å². The first-order valence-electron chi connectivity index (χ1n) is 7.56. The Morgan fingerprint density at radius 3 is 2.68 bits per heavy atom. The number of hydrogen-bond acceptors (Lipinski definition) is 5. The molecule has 5 nitrogen and oxygen atoms in total. The average Bonchev–Trinajstić information content (AvgIpc) is 2.88. The number of aryl methyl sites for hydroxylation is 1. The monoisotopic (exact) mass is 303 g/mol. The van der Waals surface area contributed by atoms with E-state index in [0.717, 1.165) is 48.5 Å². The predicted molar refractivity (Wildman–Crippen MR) is 84.5 cm³/mol. The van der Waals surface area contributed by atoms with Crippen molar-refractivity contribution in [2.45, 2.75) is 32.7 Å². The van der Waals surface area contributed by atoms with Crippen molar-refractivity contribution in [1.29, 1.82) is 0 Å². The number of carbonyl (C=O) groups is 1. The summed E-state index contributed by atoms with van der Waals surface area (Å²) in [6, 6.07) is 4.21. The molecule has 1 aromatic heterocycles. The Balaban J connectivity index is 2.05. The van der Waals surface area contributed by atoms with Crippen LogP contribution in [0.2, 0.25) is 0 Å². The fourth-order valence-corrected chi connectivity index (χ4v) is 2.99. The fourth-order valence-electron chi connectivity index (χ4n) is 2.99. The summed E-state index contributed by atoms with van der Waals surface area (Å²) in [6.07, 6.45) is 1.92. The number of nitrogens with one attached hydrogen (secondary N) is 1. The summed E-state index contributed by atoms with van der Waals surface area (Å²) in [5.41, 5.74) is 3.10. The number of hydrogen-bond donors (Lipinski definition) is 1. The zero-order valence-electron chi connectivity index (χ0n) is 13.2. The van der Waals surface area contributed by atoms with Crippen LogP contribution in [0.25, 0.3) is 11.0 Å². The molecular formula is C17H21NO4. The minimum atomic E-state index is -0.334. The highest BCUT2D eigenvalue weighted by Crippen LogP contribution is 2.32. The Labute approximate surface area is 129 Å². The third-order valence-electron chi connectivity index (χ3n) is 4.18. The number of ether oxygens (including phenoxy) is 2. The van der Waals surface area contributed by atoms with E-state index in [-0.39, 0.29) is 5.97 Å². The zero-order valence-corrected chi connectivity index (χ0v) is 13.2. The number of furan rings is 1. The summed E-state index contributed by atoms with van der Waals surface area (Å²) in [4.78, 5) is 12.2. The van der Waals surface area contributed by atoms with Crippen molar-refractivity contribution in [3.05, 3.63) is 29.0 Å². The Kier molecular flexibility index (Phi) is 4.07. The molecule has 1 aliphatic heterocycles. The quantitative estimate of drug-likeness (QED) is 0.880. The lowest BCUT2D eigenvalue weighted by Gasteiger charge is -2.25. The molecule has 1 saturated heterocycles. The largest absolute Gasteiger partial charge is 0.465 e. The summed E-state index contributed by atoms with van der Waals surface area (Å²) < 4.78 is 16.1. The number of benzene rings is 1. The molecule has 0 atom stereocenters. The van der Waals surface area contributed by atoms with E-state index >= 15 is 0 Å². The molecule has 2 aromatic rings. The van der Waals surface area contributed by atoms with E-state index in [9.17, 15) is 4.79 Å². The van der Waals surface area contributed by atoms with Gasteiger partial charge in [-0.15, -0.1) is 0 Å². The minimum absolute atomic E-state index is 0.334. The number of methoxy groups -OCH3 is 1. The molecule has 1 aliphatic rings. The minimum Gasteiger partial charge on any atom is -0.465 e. The van der Waals surface area contributed by atoms with Crippen molar-refractivity contribution in [2.75, 3.05) is 25.6 Å². The second-order valence-electron chi connectivity index (χ2n) is 5.72. The molecule has 0 amide bonds. The van der Waals surface area contributed by atoms with E-state index in [2.05, 4.69) is 5.32 Å². The van der Waals surface area contributed by atoms with Crippen LogP contribution in [-0.4, -0.2) is 32.3 Å². The van der Waals surface area contributed by atoms with E-state index in [4.69, 9.17) is 13.9 Å². The van der Waals surface area contributed by atoms with E-state index < -0.39 is 0 Å². The molecule has 1 N–H and O–H groups in total. The van der Waals surface area contributed by atoms with Crippen LogP contribution in [0.4, 0.5) is 5.69 Å². The summed E-state index contributed by atoms with van der Waals surface area (Å²) in [7, 11) is 1.40. The molecule has 1 aromatic carbocycles. The van der Waals surface area contributed by atoms with Crippen LogP contribution in [0.15, 0.2) is 16.5 Å². The summed E-state index contributed by atoms with van der Waals surface area (Å²) in [5.74, 6) is 0.446. The molecule has 5 heteroatoms. The Morgan fingerprint density at radius 2 is 2.00 bits per heavy atom. The first kappa shape index (κ1) is 14.9. The fraction of sp³-hybridized carbons (Fsp3) is 0.471. The van der Waals surface area contributed by atoms with Crippen molar-refractivity contribution in [3.8, 4) is 0 Å². The maximum atomic E-state index is 12.2. The third-order valence-corrected chi connectivity index (χ3v) is 4.18. The molecule has 118 valence electrons. The number of carbonyl (C=O) groups excluding carboxylic acids is 1. The van der Waals surface area contributed by atoms with Gasteiger partial charge in [0.15, 0.2) is 0 Å². The molecule has 0 radical (unpaired) electrons. The number of esters is 1.